The first-order valence-corrected chi connectivity index (χ1v) is 14.8. The van der Waals surface area contributed by atoms with Crippen molar-refractivity contribution in [1.29, 1.82) is 5.41 Å². The molecule has 3 amide bonds. The first-order valence-electron chi connectivity index (χ1n) is 14.8. The summed E-state index contributed by atoms with van der Waals surface area (Å²) in [7, 11) is 0. The smallest absolute Gasteiger partial charge is 0.322 e. The third-order valence-electron chi connectivity index (χ3n) is 8.32. The van der Waals surface area contributed by atoms with Gasteiger partial charge < -0.3 is 25.7 Å². The molecule has 2 heterocycles. The van der Waals surface area contributed by atoms with Crippen LogP contribution in [0.2, 0.25) is 0 Å². The number of para-hydroxylation sites is 1. The van der Waals surface area contributed by atoms with Gasteiger partial charge in [-0.25, -0.2) is 9.18 Å². The second-order valence-electron chi connectivity index (χ2n) is 11.0. The van der Waals surface area contributed by atoms with E-state index in [1.54, 1.807) is 23.1 Å². The third kappa shape index (κ3) is 6.94. The lowest BCUT2D eigenvalue weighted by atomic mass is 9.95. The predicted molar refractivity (Wildman–Crippen MR) is 167 cm³/mol. The van der Waals surface area contributed by atoms with Crippen molar-refractivity contribution in [2.24, 2.45) is 0 Å². The van der Waals surface area contributed by atoms with E-state index in [9.17, 15) is 14.0 Å². The van der Waals surface area contributed by atoms with Crippen LogP contribution in [0.3, 0.4) is 0 Å². The number of anilines is 1. The topological polar surface area (TPSA) is 97.8 Å². The van der Waals surface area contributed by atoms with Crippen molar-refractivity contribution < 1.29 is 18.7 Å². The Morgan fingerprint density at radius 2 is 1.74 bits per heavy atom. The molecule has 3 aromatic carbocycles. The summed E-state index contributed by atoms with van der Waals surface area (Å²) in [5.41, 5.74) is 3.72. The summed E-state index contributed by atoms with van der Waals surface area (Å²) in [6.45, 7) is 6.50. The van der Waals surface area contributed by atoms with Crippen LogP contribution in [-0.4, -0.2) is 66.3 Å². The van der Waals surface area contributed by atoms with E-state index in [1.165, 1.54) is 6.07 Å². The number of nitrogens with one attached hydrogen (secondary N) is 3. The highest BCUT2D eigenvalue weighted by molar-refractivity contribution is 5.91. The number of fused-ring (bicyclic) bond motifs is 1. The lowest BCUT2D eigenvalue weighted by Crippen LogP contribution is -2.52. The van der Waals surface area contributed by atoms with Crippen molar-refractivity contribution in [3.8, 4) is 16.9 Å². The largest absolute Gasteiger partial charge is 0.480 e. The first kappa shape index (κ1) is 30.0. The van der Waals surface area contributed by atoms with E-state index in [1.807, 2.05) is 55.5 Å². The normalized spacial score (nSPS) is 19.2. The summed E-state index contributed by atoms with van der Waals surface area (Å²) < 4.78 is 20.1. The van der Waals surface area contributed by atoms with Gasteiger partial charge in [-0.2, -0.15) is 0 Å². The zero-order valence-corrected chi connectivity index (χ0v) is 24.6. The van der Waals surface area contributed by atoms with E-state index >= 15 is 0 Å². The molecule has 1 saturated heterocycles. The number of nitrogens with zero attached hydrogens (tertiary/aromatic N) is 2. The minimum absolute atomic E-state index is 0.123. The molecule has 0 bridgehead atoms. The summed E-state index contributed by atoms with van der Waals surface area (Å²) in [6.07, 6.45) is 3.88. The SMILES string of the molecule is CCC(C/C=C(\C=N)NC(=O)C1Oc2cc(-c3ccccc3)ccc2C1C)N1CCN(C(=O)Nc2ccccc2F)CC1. The number of piperazine rings is 1. The van der Waals surface area contributed by atoms with Gasteiger partial charge in [0.25, 0.3) is 5.91 Å². The molecular formula is C34H38FN5O3. The van der Waals surface area contributed by atoms with Gasteiger partial charge in [-0.1, -0.05) is 74.5 Å². The quantitative estimate of drug-likeness (QED) is 0.268. The molecular weight excluding hydrogens is 545 g/mol. The molecule has 3 unspecified atom stereocenters. The van der Waals surface area contributed by atoms with Gasteiger partial charge in [-0.3, -0.25) is 9.69 Å². The van der Waals surface area contributed by atoms with E-state index in [-0.39, 0.29) is 29.6 Å². The average molecular weight is 584 g/mol. The van der Waals surface area contributed by atoms with Gasteiger partial charge in [0.05, 0.1) is 11.4 Å². The minimum atomic E-state index is -0.685. The maximum atomic E-state index is 13.9. The van der Waals surface area contributed by atoms with Crippen molar-refractivity contribution in [2.75, 3.05) is 31.5 Å². The van der Waals surface area contributed by atoms with Crippen LogP contribution in [0.15, 0.2) is 84.6 Å². The summed E-state index contributed by atoms with van der Waals surface area (Å²) in [5.74, 6) is -0.149. The van der Waals surface area contributed by atoms with Gasteiger partial charge in [-0.05, 0) is 42.2 Å². The fraction of sp³-hybridized carbons (Fsp3) is 0.324. The average Bonchev–Trinajstić information content (AvgIpc) is 3.38. The van der Waals surface area contributed by atoms with Crippen molar-refractivity contribution in [1.82, 2.24) is 15.1 Å². The molecule has 3 N–H and O–H groups in total. The monoisotopic (exact) mass is 583 g/mol. The number of rotatable bonds is 9. The van der Waals surface area contributed by atoms with Crippen LogP contribution < -0.4 is 15.4 Å². The summed E-state index contributed by atoms with van der Waals surface area (Å²) in [4.78, 5) is 29.9. The molecule has 9 heteroatoms. The van der Waals surface area contributed by atoms with Crippen LogP contribution in [0.25, 0.3) is 11.1 Å². The molecule has 3 aromatic rings. The van der Waals surface area contributed by atoms with E-state index in [0.717, 1.165) is 29.3 Å². The molecule has 3 atom stereocenters. The number of benzene rings is 3. The highest BCUT2D eigenvalue weighted by atomic mass is 19.1. The Kier molecular flexibility index (Phi) is 9.51. The molecule has 224 valence electrons. The van der Waals surface area contributed by atoms with Crippen molar-refractivity contribution in [3.63, 3.8) is 0 Å². The van der Waals surface area contributed by atoms with Gasteiger partial charge >= 0.3 is 6.03 Å². The van der Waals surface area contributed by atoms with Gasteiger partial charge in [0, 0.05) is 49.9 Å². The first-order chi connectivity index (χ1) is 20.9. The zero-order valence-electron chi connectivity index (χ0n) is 24.6. The number of allylic oxidation sites excluding steroid dienone is 1. The molecule has 0 radical (unpaired) electrons. The summed E-state index contributed by atoms with van der Waals surface area (Å²) >= 11 is 0. The molecule has 0 spiro atoms. The Labute approximate surface area is 252 Å². The molecule has 0 saturated carbocycles. The number of amides is 3. The number of carbonyl (C=O) groups excluding carboxylic acids is 2. The zero-order chi connectivity index (χ0) is 30.3. The van der Waals surface area contributed by atoms with Crippen LogP contribution in [0.1, 0.15) is 38.2 Å². The van der Waals surface area contributed by atoms with Gasteiger partial charge in [0.15, 0.2) is 6.10 Å². The molecule has 5 rings (SSSR count). The van der Waals surface area contributed by atoms with Crippen LogP contribution >= 0.6 is 0 Å². The van der Waals surface area contributed by atoms with Crippen molar-refractivity contribution in [2.45, 2.75) is 44.8 Å². The number of hydrogen-bond donors (Lipinski definition) is 3. The number of halogens is 1. The highest BCUT2D eigenvalue weighted by Gasteiger charge is 2.36. The second kappa shape index (κ2) is 13.6. The Bertz CT molecular complexity index is 1490. The standard InChI is InChI=1S/C34H38FN5O3/c1-3-27(39-17-19-40(20-18-39)34(42)38-30-12-8-7-11-29(30)35)15-14-26(22-36)37-33(41)32-23(2)28-16-13-25(21-31(28)43-32)24-9-5-4-6-10-24/h4-14,16,21-23,27,32,36H,3,15,17-20H2,1-2H3,(H,37,41)(H,38,42)/b26-14+,36-22?. The van der Waals surface area contributed by atoms with Crippen LogP contribution in [0.5, 0.6) is 5.75 Å². The molecule has 8 nitrogen and oxygen atoms in total. The number of carbonyl (C=O) groups is 2. The van der Waals surface area contributed by atoms with Gasteiger partial charge in [0.1, 0.15) is 11.6 Å². The van der Waals surface area contributed by atoms with Crippen molar-refractivity contribution in [3.05, 3.63) is 96.0 Å². The van der Waals surface area contributed by atoms with E-state index in [2.05, 4.69) is 28.5 Å². The molecule has 1 fully saturated rings. The van der Waals surface area contributed by atoms with Gasteiger partial charge in [-0.15, -0.1) is 0 Å². The van der Waals surface area contributed by atoms with Crippen LogP contribution in [0, 0.1) is 11.2 Å². The van der Waals surface area contributed by atoms with Crippen molar-refractivity contribution >= 4 is 23.8 Å². The number of ether oxygens (including phenoxy) is 1. The molecule has 2 aliphatic rings. The molecule has 2 aliphatic heterocycles. The Morgan fingerprint density at radius 3 is 2.44 bits per heavy atom. The fourth-order valence-corrected chi connectivity index (χ4v) is 5.75. The van der Waals surface area contributed by atoms with E-state index in [0.29, 0.717) is 44.0 Å². The van der Waals surface area contributed by atoms with Crippen LogP contribution in [0.4, 0.5) is 14.9 Å². The predicted octanol–water partition coefficient (Wildman–Crippen LogP) is 6.03. The van der Waals surface area contributed by atoms with Gasteiger partial charge in [0.2, 0.25) is 0 Å². The second-order valence-corrected chi connectivity index (χ2v) is 11.0. The third-order valence-corrected chi connectivity index (χ3v) is 8.32. The fourth-order valence-electron chi connectivity index (χ4n) is 5.75. The Hall–Kier alpha value is -4.50. The summed E-state index contributed by atoms with van der Waals surface area (Å²) in [6, 6.07) is 22.1. The molecule has 0 aliphatic carbocycles. The molecule has 43 heavy (non-hydrogen) atoms. The Balaban J connectivity index is 1.14. The lowest BCUT2D eigenvalue weighted by Gasteiger charge is -2.38. The highest BCUT2D eigenvalue weighted by Crippen LogP contribution is 2.40. The lowest BCUT2D eigenvalue weighted by molar-refractivity contribution is -0.127. The number of urea groups is 1. The summed E-state index contributed by atoms with van der Waals surface area (Å²) in [5, 5.41) is 13.5. The number of hydrogen-bond acceptors (Lipinski definition) is 5. The van der Waals surface area contributed by atoms with E-state index < -0.39 is 11.9 Å². The maximum absolute atomic E-state index is 13.9. The minimum Gasteiger partial charge on any atom is -0.480 e. The molecule has 0 aromatic heterocycles. The van der Waals surface area contributed by atoms with E-state index in [4.69, 9.17) is 10.1 Å². The maximum Gasteiger partial charge on any atom is 0.322 e. The Morgan fingerprint density at radius 1 is 1.02 bits per heavy atom. The van der Waals surface area contributed by atoms with Crippen LogP contribution in [-0.2, 0) is 4.79 Å².